The number of nitrogens with one attached hydrogen (secondary N) is 1. The average molecular weight is 297 g/mol. The van der Waals surface area contributed by atoms with Crippen molar-refractivity contribution in [3.8, 4) is 0 Å². The minimum atomic E-state index is -0.698. The molecule has 0 aliphatic carbocycles. The van der Waals surface area contributed by atoms with Gasteiger partial charge in [0.15, 0.2) is 0 Å². The monoisotopic (exact) mass is 296 g/mol. The molecule has 20 heavy (non-hydrogen) atoms. The first-order chi connectivity index (χ1) is 9.65. The van der Waals surface area contributed by atoms with Gasteiger partial charge >= 0.3 is 12.2 Å². The Balaban J connectivity index is 1.67. The number of alkyl carbamates (subject to hydrolysis) is 1. The predicted octanol–water partition coefficient (Wildman–Crippen LogP) is 2.82. The van der Waals surface area contributed by atoms with Gasteiger partial charge in [-0.2, -0.15) is 0 Å². The van der Waals surface area contributed by atoms with Crippen LogP contribution in [-0.4, -0.2) is 36.7 Å². The molecule has 0 spiro atoms. The Kier molecular flexibility index (Phi) is 5.24. The zero-order valence-electron chi connectivity index (χ0n) is 11.1. The second-order valence-electron chi connectivity index (χ2n) is 4.65. The van der Waals surface area contributed by atoms with Gasteiger partial charge in [0.2, 0.25) is 0 Å². The summed E-state index contributed by atoms with van der Waals surface area (Å²) in [5.74, 6) is 0. The molecule has 1 heterocycles. The SMILES string of the molecule is O=C(NCCc1ccc(Cl)cc1)OC(=O)N1CCCC1. The lowest BCUT2D eigenvalue weighted by Gasteiger charge is -2.14. The highest BCUT2D eigenvalue weighted by Crippen LogP contribution is 2.10. The number of rotatable bonds is 3. The highest BCUT2D eigenvalue weighted by Gasteiger charge is 2.21. The smallest absolute Gasteiger partial charge is 0.359 e. The summed E-state index contributed by atoms with van der Waals surface area (Å²) in [5, 5.41) is 3.24. The number of halogens is 1. The van der Waals surface area contributed by atoms with Crippen molar-refractivity contribution in [2.45, 2.75) is 19.3 Å². The second kappa shape index (κ2) is 7.14. The highest BCUT2D eigenvalue weighted by atomic mass is 35.5. The van der Waals surface area contributed by atoms with Crippen molar-refractivity contribution in [1.29, 1.82) is 0 Å². The molecule has 0 unspecified atom stereocenters. The van der Waals surface area contributed by atoms with E-state index in [0.29, 0.717) is 31.1 Å². The van der Waals surface area contributed by atoms with Crippen molar-refractivity contribution in [2.24, 2.45) is 0 Å². The van der Waals surface area contributed by atoms with Crippen LogP contribution in [0.25, 0.3) is 0 Å². The van der Waals surface area contributed by atoms with Crippen molar-refractivity contribution < 1.29 is 14.3 Å². The zero-order chi connectivity index (χ0) is 14.4. The Morgan fingerprint density at radius 3 is 2.50 bits per heavy atom. The van der Waals surface area contributed by atoms with E-state index in [2.05, 4.69) is 5.32 Å². The third kappa shape index (κ3) is 4.42. The quantitative estimate of drug-likeness (QED) is 0.873. The summed E-state index contributed by atoms with van der Waals surface area (Å²) in [6.07, 6.45) is 1.33. The molecule has 2 amide bonds. The summed E-state index contributed by atoms with van der Waals surface area (Å²) in [5.41, 5.74) is 1.06. The van der Waals surface area contributed by atoms with E-state index in [4.69, 9.17) is 16.3 Å². The third-order valence-corrected chi connectivity index (χ3v) is 3.39. The van der Waals surface area contributed by atoms with Gasteiger partial charge in [-0.15, -0.1) is 0 Å². The second-order valence-corrected chi connectivity index (χ2v) is 5.09. The number of ether oxygens (including phenoxy) is 1. The first-order valence-electron chi connectivity index (χ1n) is 6.64. The molecule has 6 heteroatoms. The zero-order valence-corrected chi connectivity index (χ0v) is 11.9. The van der Waals surface area contributed by atoms with E-state index in [1.165, 1.54) is 0 Å². The van der Waals surface area contributed by atoms with Gasteiger partial charge in [-0.3, -0.25) is 0 Å². The first-order valence-corrected chi connectivity index (χ1v) is 7.02. The van der Waals surface area contributed by atoms with Crippen molar-refractivity contribution in [3.05, 3.63) is 34.9 Å². The molecule has 0 atom stereocenters. The third-order valence-electron chi connectivity index (χ3n) is 3.14. The van der Waals surface area contributed by atoms with Gasteiger partial charge in [-0.25, -0.2) is 9.59 Å². The summed E-state index contributed by atoms with van der Waals surface area (Å²) in [6, 6.07) is 7.38. The number of nitrogens with zero attached hydrogens (tertiary/aromatic N) is 1. The van der Waals surface area contributed by atoms with Gasteiger partial charge in [0.25, 0.3) is 0 Å². The summed E-state index contributed by atoms with van der Waals surface area (Å²) in [4.78, 5) is 24.5. The number of carbonyl (C=O) groups excluding carboxylic acids is 2. The number of hydrogen-bond donors (Lipinski definition) is 1. The Morgan fingerprint density at radius 2 is 1.85 bits per heavy atom. The van der Waals surface area contributed by atoms with Gasteiger partial charge in [0.05, 0.1) is 0 Å². The predicted molar refractivity (Wildman–Crippen MR) is 75.8 cm³/mol. The fourth-order valence-corrected chi connectivity index (χ4v) is 2.17. The highest BCUT2D eigenvalue weighted by molar-refractivity contribution is 6.30. The molecule has 1 saturated heterocycles. The molecule has 1 fully saturated rings. The van der Waals surface area contributed by atoms with Crippen LogP contribution in [0.1, 0.15) is 18.4 Å². The molecule has 108 valence electrons. The largest absolute Gasteiger partial charge is 0.418 e. The van der Waals surface area contributed by atoms with Gasteiger partial charge in [-0.05, 0) is 37.0 Å². The Morgan fingerprint density at radius 1 is 1.20 bits per heavy atom. The summed E-state index contributed by atoms with van der Waals surface area (Å²) < 4.78 is 4.71. The van der Waals surface area contributed by atoms with Crippen molar-refractivity contribution >= 4 is 23.8 Å². The van der Waals surface area contributed by atoms with E-state index < -0.39 is 12.2 Å². The van der Waals surface area contributed by atoms with E-state index in [-0.39, 0.29) is 0 Å². The van der Waals surface area contributed by atoms with Crippen LogP contribution in [0.15, 0.2) is 24.3 Å². The van der Waals surface area contributed by atoms with Crippen LogP contribution in [-0.2, 0) is 11.2 Å². The van der Waals surface area contributed by atoms with Gasteiger partial charge < -0.3 is 15.0 Å². The minimum Gasteiger partial charge on any atom is -0.359 e. The minimum absolute atomic E-state index is 0.410. The van der Waals surface area contributed by atoms with E-state index in [9.17, 15) is 9.59 Å². The number of carbonyl (C=O) groups is 2. The average Bonchev–Trinajstić information content (AvgIpc) is 2.95. The number of likely N-dealkylation sites (tertiary alicyclic amines) is 1. The number of benzene rings is 1. The maximum Gasteiger partial charge on any atom is 0.418 e. The molecule has 0 radical (unpaired) electrons. The van der Waals surface area contributed by atoms with E-state index >= 15 is 0 Å². The fourth-order valence-electron chi connectivity index (χ4n) is 2.04. The topological polar surface area (TPSA) is 58.6 Å². The van der Waals surface area contributed by atoms with Gasteiger partial charge in [-0.1, -0.05) is 23.7 Å². The Labute approximate surface area is 122 Å². The van der Waals surface area contributed by atoms with Crippen LogP contribution in [0, 0.1) is 0 Å². The molecule has 0 aromatic heterocycles. The maximum absolute atomic E-state index is 11.6. The van der Waals surface area contributed by atoms with Gasteiger partial charge in [0, 0.05) is 24.7 Å². The molecular weight excluding hydrogens is 280 g/mol. The molecule has 1 N–H and O–H groups in total. The van der Waals surface area contributed by atoms with Crippen LogP contribution in [0.2, 0.25) is 5.02 Å². The van der Waals surface area contributed by atoms with Crippen LogP contribution in [0.5, 0.6) is 0 Å². The molecule has 1 aliphatic rings. The number of amides is 2. The summed E-state index contributed by atoms with van der Waals surface area (Å²) >= 11 is 5.78. The molecule has 0 bridgehead atoms. The standard InChI is InChI=1S/C14H17ClN2O3/c15-12-5-3-11(4-6-12)7-8-16-13(18)20-14(19)17-9-1-2-10-17/h3-6H,1-2,7-10H2,(H,16,18). The molecule has 0 saturated carbocycles. The van der Waals surface area contributed by atoms with Gasteiger partial charge in [0.1, 0.15) is 0 Å². The van der Waals surface area contributed by atoms with Crippen molar-refractivity contribution in [1.82, 2.24) is 10.2 Å². The van der Waals surface area contributed by atoms with E-state index in [1.54, 1.807) is 17.0 Å². The lowest BCUT2D eigenvalue weighted by Crippen LogP contribution is -2.35. The first kappa shape index (κ1) is 14.7. The van der Waals surface area contributed by atoms with E-state index in [0.717, 1.165) is 18.4 Å². The molecule has 5 nitrogen and oxygen atoms in total. The molecule has 1 aromatic carbocycles. The molecule has 1 aliphatic heterocycles. The molecule has 2 rings (SSSR count). The van der Waals surface area contributed by atoms with Crippen LogP contribution in [0.3, 0.4) is 0 Å². The Bertz CT molecular complexity index is 470. The molecular formula is C14H17ClN2O3. The van der Waals surface area contributed by atoms with E-state index in [1.807, 2.05) is 12.1 Å². The lowest BCUT2D eigenvalue weighted by molar-refractivity contribution is 0.124. The normalized spacial score (nSPS) is 14.2. The summed E-state index contributed by atoms with van der Waals surface area (Å²) in [6.45, 7) is 1.74. The maximum atomic E-state index is 11.6. The van der Waals surface area contributed by atoms with Crippen LogP contribution >= 0.6 is 11.6 Å². The van der Waals surface area contributed by atoms with Crippen LogP contribution < -0.4 is 5.32 Å². The Hall–Kier alpha value is -1.75. The summed E-state index contributed by atoms with van der Waals surface area (Å²) in [7, 11) is 0. The molecule has 1 aromatic rings. The van der Waals surface area contributed by atoms with Crippen molar-refractivity contribution in [2.75, 3.05) is 19.6 Å². The number of hydrogen-bond acceptors (Lipinski definition) is 3. The lowest BCUT2D eigenvalue weighted by atomic mass is 10.1. The van der Waals surface area contributed by atoms with Crippen molar-refractivity contribution in [3.63, 3.8) is 0 Å². The fraction of sp³-hybridized carbons (Fsp3) is 0.429. The van der Waals surface area contributed by atoms with Crippen LogP contribution in [0.4, 0.5) is 9.59 Å².